The zero-order chi connectivity index (χ0) is 23.9. The molecule has 3 heterocycles. The Morgan fingerprint density at radius 3 is 2.48 bits per heavy atom. The predicted molar refractivity (Wildman–Crippen MR) is 109 cm³/mol. The van der Waals surface area contributed by atoms with Crippen molar-refractivity contribution in [3.05, 3.63) is 53.6 Å². The molecule has 0 saturated carbocycles. The number of methoxy groups -OCH3 is 1. The van der Waals surface area contributed by atoms with Gasteiger partial charge in [0.15, 0.2) is 5.65 Å². The first kappa shape index (κ1) is 22.7. The van der Waals surface area contributed by atoms with Crippen LogP contribution >= 0.6 is 0 Å². The minimum atomic E-state index is -4.76. The summed E-state index contributed by atoms with van der Waals surface area (Å²) in [4.78, 5) is 30.4. The highest BCUT2D eigenvalue weighted by molar-refractivity contribution is 5.93. The van der Waals surface area contributed by atoms with Crippen LogP contribution in [0.3, 0.4) is 0 Å². The van der Waals surface area contributed by atoms with Crippen molar-refractivity contribution in [3.63, 3.8) is 0 Å². The molecular formula is C22H20F4N4O3. The largest absolute Gasteiger partial charge is 0.469 e. The van der Waals surface area contributed by atoms with E-state index < -0.39 is 41.0 Å². The molecule has 1 fully saturated rings. The van der Waals surface area contributed by atoms with Crippen molar-refractivity contribution < 1.29 is 31.9 Å². The second-order valence-electron chi connectivity index (χ2n) is 8.11. The molecule has 0 radical (unpaired) electrons. The van der Waals surface area contributed by atoms with E-state index in [1.54, 1.807) is 0 Å². The minimum Gasteiger partial charge on any atom is -0.469 e. The summed E-state index contributed by atoms with van der Waals surface area (Å²) < 4.78 is 60.3. The lowest BCUT2D eigenvalue weighted by Gasteiger charge is -2.34. The molecule has 2 unspecified atom stereocenters. The topological polar surface area (TPSA) is 76.8 Å². The summed E-state index contributed by atoms with van der Waals surface area (Å²) in [6, 6.07) is 5.68. The van der Waals surface area contributed by atoms with Gasteiger partial charge in [-0.05, 0) is 42.7 Å². The second-order valence-corrected chi connectivity index (χ2v) is 8.11. The van der Waals surface area contributed by atoms with Gasteiger partial charge in [0.25, 0.3) is 5.91 Å². The number of hydrogen-bond donors (Lipinski definition) is 0. The van der Waals surface area contributed by atoms with Crippen LogP contribution in [0.4, 0.5) is 17.6 Å². The fourth-order valence-corrected chi connectivity index (χ4v) is 4.07. The number of rotatable bonds is 3. The van der Waals surface area contributed by atoms with E-state index in [9.17, 15) is 27.2 Å². The number of imidazole rings is 1. The van der Waals surface area contributed by atoms with Crippen LogP contribution in [-0.4, -0.2) is 51.6 Å². The van der Waals surface area contributed by atoms with E-state index in [1.807, 2.05) is 6.92 Å². The lowest BCUT2D eigenvalue weighted by atomic mass is 9.90. The third kappa shape index (κ3) is 4.53. The summed E-state index contributed by atoms with van der Waals surface area (Å²) in [5, 5.41) is 4.16. The van der Waals surface area contributed by atoms with Crippen LogP contribution in [0.15, 0.2) is 36.5 Å². The Morgan fingerprint density at radius 1 is 1.15 bits per heavy atom. The van der Waals surface area contributed by atoms with Gasteiger partial charge in [0, 0.05) is 18.7 Å². The van der Waals surface area contributed by atoms with Crippen LogP contribution in [0.25, 0.3) is 16.9 Å². The fraction of sp³-hybridized carbons (Fsp3) is 0.364. The maximum Gasteiger partial charge on any atom is 0.420 e. The predicted octanol–water partition coefficient (Wildman–Crippen LogP) is 3.83. The highest BCUT2D eigenvalue weighted by Crippen LogP contribution is 2.34. The molecule has 3 aromatic rings. The molecule has 2 atom stereocenters. The van der Waals surface area contributed by atoms with Crippen molar-refractivity contribution in [2.45, 2.75) is 19.5 Å². The number of alkyl halides is 3. The molecule has 0 aliphatic carbocycles. The van der Waals surface area contributed by atoms with Crippen LogP contribution in [0.5, 0.6) is 0 Å². The minimum absolute atomic E-state index is 0.00206. The van der Waals surface area contributed by atoms with Crippen molar-refractivity contribution in [1.82, 2.24) is 19.5 Å². The maximum atomic E-state index is 13.8. The van der Waals surface area contributed by atoms with Crippen molar-refractivity contribution in [2.24, 2.45) is 11.8 Å². The number of piperidine rings is 1. The lowest BCUT2D eigenvalue weighted by molar-refractivity contribution is -0.147. The molecule has 33 heavy (non-hydrogen) atoms. The van der Waals surface area contributed by atoms with Gasteiger partial charge in [0.1, 0.15) is 17.1 Å². The molecule has 1 aromatic carbocycles. The van der Waals surface area contributed by atoms with Gasteiger partial charge in [-0.2, -0.15) is 18.3 Å². The molecule has 11 heteroatoms. The van der Waals surface area contributed by atoms with Gasteiger partial charge in [-0.15, -0.1) is 0 Å². The number of hydrogen-bond acceptors (Lipinski definition) is 5. The van der Waals surface area contributed by atoms with Gasteiger partial charge in [0.05, 0.1) is 24.9 Å². The number of likely N-dealkylation sites (tertiary alicyclic amines) is 1. The van der Waals surface area contributed by atoms with Crippen LogP contribution in [0, 0.1) is 17.7 Å². The Kier molecular flexibility index (Phi) is 5.81. The highest BCUT2D eigenvalue weighted by atomic mass is 19.4. The lowest BCUT2D eigenvalue weighted by Crippen LogP contribution is -2.45. The molecular weight excluding hydrogens is 444 g/mol. The number of carbonyl (C=O) groups is 2. The Hall–Kier alpha value is -3.50. The highest BCUT2D eigenvalue weighted by Gasteiger charge is 2.37. The van der Waals surface area contributed by atoms with E-state index in [-0.39, 0.29) is 29.4 Å². The zero-order valence-electron chi connectivity index (χ0n) is 17.8. The third-order valence-corrected chi connectivity index (χ3v) is 5.57. The van der Waals surface area contributed by atoms with Crippen LogP contribution in [-0.2, 0) is 15.7 Å². The first-order chi connectivity index (χ1) is 15.6. The average molecular weight is 464 g/mol. The zero-order valence-corrected chi connectivity index (χ0v) is 17.8. The van der Waals surface area contributed by atoms with Crippen molar-refractivity contribution in [2.75, 3.05) is 20.2 Å². The first-order valence-electron chi connectivity index (χ1n) is 10.2. The van der Waals surface area contributed by atoms with E-state index >= 15 is 0 Å². The summed E-state index contributed by atoms with van der Waals surface area (Å²) >= 11 is 0. The molecule has 4 rings (SSSR count). The standard InChI is InChI=1S/C22H20F4N4O3/c1-12-7-14(21(32)33-2)10-29(9-12)20(31)18-11-30-19(27-18)16(22(24,25)26)8-17(28-30)13-3-5-15(23)6-4-13/h3-6,8,11-12,14H,7,9-10H2,1-2H3. The van der Waals surface area contributed by atoms with Crippen molar-refractivity contribution >= 4 is 17.5 Å². The summed E-state index contributed by atoms with van der Waals surface area (Å²) in [6.45, 7) is 2.29. The number of halogens is 4. The normalized spacial score (nSPS) is 19.0. The van der Waals surface area contributed by atoms with E-state index in [2.05, 4.69) is 10.1 Å². The molecule has 7 nitrogen and oxygen atoms in total. The fourth-order valence-electron chi connectivity index (χ4n) is 4.07. The number of ether oxygens (including phenoxy) is 1. The third-order valence-electron chi connectivity index (χ3n) is 5.57. The number of aromatic nitrogens is 3. The number of fused-ring (bicyclic) bond motifs is 1. The number of carbonyl (C=O) groups excluding carboxylic acids is 2. The molecule has 0 N–H and O–H groups in total. The van der Waals surface area contributed by atoms with E-state index in [0.29, 0.717) is 13.0 Å². The molecule has 0 spiro atoms. The average Bonchev–Trinajstić information content (AvgIpc) is 3.20. The molecule has 1 amide bonds. The number of benzene rings is 1. The Labute approximate surface area is 186 Å². The maximum absolute atomic E-state index is 13.8. The van der Waals surface area contributed by atoms with Crippen molar-refractivity contribution in [1.29, 1.82) is 0 Å². The Balaban J connectivity index is 1.74. The van der Waals surface area contributed by atoms with E-state index in [0.717, 1.165) is 28.9 Å². The van der Waals surface area contributed by atoms with Crippen LogP contribution in [0.2, 0.25) is 0 Å². The smallest absolute Gasteiger partial charge is 0.420 e. The monoisotopic (exact) mass is 464 g/mol. The number of amides is 1. The molecule has 0 bridgehead atoms. The van der Waals surface area contributed by atoms with Gasteiger partial charge in [-0.25, -0.2) is 13.9 Å². The van der Waals surface area contributed by atoms with Crippen molar-refractivity contribution in [3.8, 4) is 11.3 Å². The summed E-state index contributed by atoms with van der Waals surface area (Å²) in [5.41, 5.74) is -1.59. The van der Waals surface area contributed by atoms with Crippen LogP contribution in [0.1, 0.15) is 29.4 Å². The summed E-state index contributed by atoms with van der Waals surface area (Å²) in [5.74, 6) is -2.10. The van der Waals surface area contributed by atoms with Gasteiger partial charge < -0.3 is 9.64 Å². The first-order valence-corrected chi connectivity index (χ1v) is 10.2. The second kappa shape index (κ2) is 8.45. The molecule has 2 aromatic heterocycles. The van der Waals surface area contributed by atoms with Gasteiger partial charge in [-0.1, -0.05) is 6.92 Å². The summed E-state index contributed by atoms with van der Waals surface area (Å²) in [7, 11) is 1.26. The van der Waals surface area contributed by atoms with Gasteiger partial charge in [0.2, 0.25) is 0 Å². The molecule has 174 valence electrons. The summed E-state index contributed by atoms with van der Waals surface area (Å²) in [6.07, 6.45) is -3.09. The number of nitrogens with zero attached hydrogens (tertiary/aromatic N) is 4. The molecule has 1 aliphatic heterocycles. The van der Waals surface area contributed by atoms with Crippen LogP contribution < -0.4 is 0 Å². The van der Waals surface area contributed by atoms with Gasteiger partial charge >= 0.3 is 12.1 Å². The van der Waals surface area contributed by atoms with E-state index in [1.165, 1.54) is 24.1 Å². The Bertz CT molecular complexity index is 1210. The molecule has 1 aliphatic rings. The Morgan fingerprint density at radius 2 is 1.85 bits per heavy atom. The number of esters is 1. The van der Waals surface area contributed by atoms with E-state index in [4.69, 9.17) is 4.74 Å². The quantitative estimate of drug-likeness (QED) is 0.435. The van der Waals surface area contributed by atoms with Gasteiger partial charge in [-0.3, -0.25) is 9.59 Å². The molecule has 1 saturated heterocycles. The SMILES string of the molecule is COC(=O)C1CC(C)CN(C(=O)c2cn3nc(-c4ccc(F)cc4)cc(C(F)(F)F)c3n2)C1.